The molecule has 0 unspecified atom stereocenters. The zero-order valence-electron chi connectivity index (χ0n) is 11.5. The van der Waals surface area contributed by atoms with Gasteiger partial charge in [-0.2, -0.15) is 0 Å². The molecule has 1 aliphatic heterocycles. The van der Waals surface area contributed by atoms with Crippen molar-refractivity contribution in [2.24, 2.45) is 0 Å². The summed E-state index contributed by atoms with van der Waals surface area (Å²) in [7, 11) is 0. The highest BCUT2D eigenvalue weighted by Gasteiger charge is 2.20. The normalized spacial score (nSPS) is 13.1. The number of fused-ring (bicyclic) bond motifs is 5. The Morgan fingerprint density at radius 3 is 2.86 bits per heavy atom. The Labute approximate surface area is 134 Å². The van der Waals surface area contributed by atoms with Crippen molar-refractivity contribution in [1.29, 1.82) is 0 Å². The molecular weight excluding hydrogens is 346 g/mol. The molecule has 0 saturated heterocycles. The molecule has 5 nitrogen and oxygen atoms in total. The van der Waals surface area contributed by atoms with Crippen LogP contribution in [0.2, 0.25) is 0 Å². The second kappa shape index (κ2) is 4.84. The number of nitrogens with one attached hydrogen (secondary N) is 2. The van der Waals surface area contributed by atoms with Crippen molar-refractivity contribution in [1.82, 2.24) is 4.98 Å². The van der Waals surface area contributed by atoms with Crippen molar-refractivity contribution < 1.29 is 4.92 Å². The Morgan fingerprint density at radius 2 is 2.05 bits per heavy atom. The molecule has 110 valence electrons. The highest BCUT2D eigenvalue weighted by Crippen LogP contribution is 2.39. The Bertz CT molecular complexity index is 917. The number of nitro benzene ring substituents is 1. The van der Waals surface area contributed by atoms with Crippen molar-refractivity contribution in [3.8, 4) is 11.3 Å². The highest BCUT2D eigenvalue weighted by molar-refractivity contribution is 9.10. The maximum atomic E-state index is 11.0. The number of hydrogen-bond donors (Lipinski definition) is 2. The first-order valence-electron chi connectivity index (χ1n) is 6.96. The average Bonchev–Trinajstić information content (AvgIpc) is 2.77. The van der Waals surface area contributed by atoms with Gasteiger partial charge in [0.2, 0.25) is 0 Å². The van der Waals surface area contributed by atoms with Gasteiger partial charge in [-0.25, -0.2) is 0 Å². The van der Waals surface area contributed by atoms with Crippen LogP contribution in [-0.4, -0.2) is 16.5 Å². The minimum Gasteiger partial charge on any atom is -0.384 e. The van der Waals surface area contributed by atoms with Crippen LogP contribution in [0.5, 0.6) is 0 Å². The fourth-order valence-electron chi connectivity index (χ4n) is 3.04. The van der Waals surface area contributed by atoms with Gasteiger partial charge in [0.15, 0.2) is 0 Å². The molecule has 0 spiro atoms. The van der Waals surface area contributed by atoms with Crippen LogP contribution in [0.25, 0.3) is 22.2 Å². The van der Waals surface area contributed by atoms with Crippen LogP contribution in [0.1, 0.15) is 5.56 Å². The van der Waals surface area contributed by atoms with Crippen molar-refractivity contribution in [3.63, 3.8) is 0 Å². The summed E-state index contributed by atoms with van der Waals surface area (Å²) in [5.74, 6) is 0. The number of H-pyrrole nitrogens is 1. The predicted octanol–water partition coefficient (Wildman–Crippen LogP) is 4.47. The number of hydrogen-bond acceptors (Lipinski definition) is 3. The average molecular weight is 358 g/mol. The highest BCUT2D eigenvalue weighted by atomic mass is 79.9. The lowest BCUT2D eigenvalue weighted by atomic mass is 10.0. The molecule has 0 saturated carbocycles. The third-order valence-corrected chi connectivity index (χ3v) is 4.54. The predicted molar refractivity (Wildman–Crippen MR) is 90.3 cm³/mol. The lowest BCUT2D eigenvalue weighted by Crippen LogP contribution is -2.02. The zero-order chi connectivity index (χ0) is 15.3. The standard InChI is InChI=1S/C16H12BrN3O2/c17-9-1-3-14-13(7-9)16-11(5-6-18-14)12-8-10(20(21)22)2-4-15(12)19-16/h1-4,7-8,18-19H,5-6H2. The van der Waals surface area contributed by atoms with Crippen LogP contribution < -0.4 is 5.32 Å². The molecule has 0 bridgehead atoms. The van der Waals surface area contributed by atoms with E-state index in [0.29, 0.717) is 0 Å². The lowest BCUT2D eigenvalue weighted by molar-refractivity contribution is -0.384. The molecule has 22 heavy (non-hydrogen) atoms. The van der Waals surface area contributed by atoms with Gasteiger partial charge in [0.1, 0.15) is 0 Å². The Balaban J connectivity index is 2.02. The van der Waals surface area contributed by atoms with Crippen molar-refractivity contribution in [3.05, 3.63) is 56.5 Å². The second-order valence-corrected chi connectivity index (χ2v) is 6.25. The van der Waals surface area contributed by atoms with E-state index in [4.69, 9.17) is 0 Å². The van der Waals surface area contributed by atoms with E-state index < -0.39 is 0 Å². The van der Waals surface area contributed by atoms with E-state index in [2.05, 4.69) is 32.3 Å². The lowest BCUT2D eigenvalue weighted by Gasteiger charge is -2.07. The summed E-state index contributed by atoms with van der Waals surface area (Å²) in [6.07, 6.45) is 0.822. The number of nitrogens with zero attached hydrogens (tertiary/aromatic N) is 1. The van der Waals surface area contributed by atoms with E-state index >= 15 is 0 Å². The first-order chi connectivity index (χ1) is 10.6. The molecule has 1 aliphatic rings. The molecule has 3 aromatic rings. The monoisotopic (exact) mass is 357 g/mol. The molecule has 4 rings (SSSR count). The SMILES string of the molecule is O=[N+]([O-])c1ccc2[nH]c3c(c2c1)CCNc1ccc(Br)cc1-3. The molecule has 0 amide bonds. The molecule has 0 radical (unpaired) electrons. The van der Waals surface area contributed by atoms with Gasteiger partial charge in [-0.3, -0.25) is 10.1 Å². The summed E-state index contributed by atoms with van der Waals surface area (Å²) in [6, 6.07) is 11.1. The van der Waals surface area contributed by atoms with Crippen LogP contribution in [0, 0.1) is 10.1 Å². The van der Waals surface area contributed by atoms with Crippen LogP contribution in [0.4, 0.5) is 11.4 Å². The number of aromatic nitrogens is 1. The summed E-state index contributed by atoms with van der Waals surface area (Å²) in [4.78, 5) is 14.1. The van der Waals surface area contributed by atoms with Crippen LogP contribution in [-0.2, 0) is 6.42 Å². The third-order valence-electron chi connectivity index (χ3n) is 4.04. The van der Waals surface area contributed by atoms with E-state index in [9.17, 15) is 10.1 Å². The molecule has 0 aliphatic carbocycles. The van der Waals surface area contributed by atoms with Gasteiger partial charge in [-0.15, -0.1) is 0 Å². The summed E-state index contributed by atoms with van der Waals surface area (Å²) < 4.78 is 1.01. The fourth-order valence-corrected chi connectivity index (χ4v) is 3.40. The maximum Gasteiger partial charge on any atom is 0.270 e. The van der Waals surface area contributed by atoms with Gasteiger partial charge in [0.25, 0.3) is 5.69 Å². The Morgan fingerprint density at radius 1 is 1.18 bits per heavy atom. The number of halogens is 1. The molecule has 0 atom stereocenters. The minimum atomic E-state index is -0.349. The zero-order valence-corrected chi connectivity index (χ0v) is 13.1. The summed E-state index contributed by atoms with van der Waals surface area (Å²) >= 11 is 3.51. The number of benzene rings is 2. The number of anilines is 1. The second-order valence-electron chi connectivity index (χ2n) is 5.33. The fraction of sp³-hybridized carbons (Fsp3) is 0.125. The van der Waals surface area contributed by atoms with Gasteiger partial charge in [0.05, 0.1) is 10.6 Å². The van der Waals surface area contributed by atoms with Crippen LogP contribution in [0.15, 0.2) is 40.9 Å². The Kier molecular flexibility index (Phi) is 2.94. The number of nitro groups is 1. The van der Waals surface area contributed by atoms with Crippen molar-refractivity contribution in [2.75, 3.05) is 11.9 Å². The number of non-ortho nitro benzene ring substituents is 1. The molecule has 2 aromatic carbocycles. The van der Waals surface area contributed by atoms with Gasteiger partial charge >= 0.3 is 0 Å². The summed E-state index contributed by atoms with van der Waals surface area (Å²) in [5.41, 5.74) is 5.38. The molecule has 0 fully saturated rings. The number of aromatic amines is 1. The molecule has 2 N–H and O–H groups in total. The van der Waals surface area contributed by atoms with E-state index in [0.717, 1.165) is 50.8 Å². The van der Waals surface area contributed by atoms with E-state index in [1.807, 2.05) is 12.1 Å². The van der Waals surface area contributed by atoms with Crippen LogP contribution in [0.3, 0.4) is 0 Å². The molecule has 6 heteroatoms. The summed E-state index contributed by atoms with van der Waals surface area (Å²) in [5, 5.41) is 15.4. The van der Waals surface area contributed by atoms with Crippen molar-refractivity contribution >= 4 is 38.2 Å². The maximum absolute atomic E-state index is 11.0. The van der Waals surface area contributed by atoms with Crippen molar-refractivity contribution in [2.45, 2.75) is 6.42 Å². The number of rotatable bonds is 1. The quantitative estimate of drug-likeness (QED) is 0.498. The Hall–Kier alpha value is -2.34. The first-order valence-corrected chi connectivity index (χ1v) is 7.75. The van der Waals surface area contributed by atoms with Gasteiger partial charge in [-0.1, -0.05) is 15.9 Å². The minimum absolute atomic E-state index is 0.126. The van der Waals surface area contributed by atoms with E-state index in [1.165, 1.54) is 6.07 Å². The topological polar surface area (TPSA) is 71.0 Å². The first kappa shape index (κ1) is 13.3. The van der Waals surface area contributed by atoms with Gasteiger partial charge in [-0.05, 0) is 36.2 Å². The molecule has 2 heterocycles. The largest absolute Gasteiger partial charge is 0.384 e. The summed E-state index contributed by atoms with van der Waals surface area (Å²) in [6.45, 7) is 0.803. The van der Waals surface area contributed by atoms with Crippen LogP contribution >= 0.6 is 15.9 Å². The smallest absolute Gasteiger partial charge is 0.270 e. The third kappa shape index (κ3) is 1.99. The van der Waals surface area contributed by atoms with Gasteiger partial charge < -0.3 is 10.3 Å². The van der Waals surface area contributed by atoms with Gasteiger partial charge in [0, 0.05) is 45.3 Å². The molecule has 1 aromatic heterocycles. The molecular formula is C16H12BrN3O2. The van der Waals surface area contributed by atoms with E-state index in [1.54, 1.807) is 12.1 Å². The van der Waals surface area contributed by atoms with E-state index in [-0.39, 0.29) is 10.6 Å².